The molecule has 1 nitrogen and oxygen atoms in total. The molecule has 0 aliphatic heterocycles. The molecule has 0 spiro atoms. The largest absolute Gasteiger partial charge is 0.328 e. The highest BCUT2D eigenvalue weighted by Gasteiger charge is 1.87. The minimum Gasteiger partial charge on any atom is -0.328 e. The van der Waals surface area contributed by atoms with Gasteiger partial charge in [0.15, 0.2) is 0 Å². The van der Waals surface area contributed by atoms with Crippen molar-refractivity contribution in [3.05, 3.63) is 12.2 Å². The van der Waals surface area contributed by atoms with E-state index in [0.717, 1.165) is 12.8 Å². The third-order valence-electron chi connectivity index (χ3n) is 1.02. The molecule has 0 fully saturated rings. The molecule has 0 aliphatic carbocycles. The van der Waals surface area contributed by atoms with E-state index in [1.54, 1.807) is 0 Å². The minimum atomic E-state index is 0.353. The lowest BCUT2D eigenvalue weighted by Gasteiger charge is -1.98. The fraction of sp³-hybridized carbons (Fsp3) is 0.714. The first-order valence-electron chi connectivity index (χ1n) is 3.14. The van der Waals surface area contributed by atoms with Crippen molar-refractivity contribution >= 4 is 0 Å². The van der Waals surface area contributed by atoms with Crippen LogP contribution in [0.4, 0.5) is 0 Å². The lowest BCUT2D eigenvalue weighted by molar-refractivity contribution is 0.676. The number of hydrogen-bond donors (Lipinski definition) is 1. The quantitative estimate of drug-likeness (QED) is 0.554. The molecule has 0 aromatic heterocycles. The summed E-state index contributed by atoms with van der Waals surface area (Å²) >= 11 is 0. The van der Waals surface area contributed by atoms with Crippen molar-refractivity contribution in [3.8, 4) is 0 Å². The summed E-state index contributed by atoms with van der Waals surface area (Å²) in [6, 6.07) is 0.353. The number of rotatable bonds is 3. The van der Waals surface area contributed by atoms with Gasteiger partial charge in [0.2, 0.25) is 0 Å². The van der Waals surface area contributed by atoms with Gasteiger partial charge in [0, 0.05) is 6.04 Å². The first-order chi connectivity index (χ1) is 3.77. The Morgan fingerprint density at radius 1 is 1.62 bits per heavy atom. The number of nitrogens with two attached hydrogens (primary N) is 1. The summed E-state index contributed by atoms with van der Waals surface area (Å²) < 4.78 is 0. The van der Waals surface area contributed by atoms with E-state index in [4.69, 9.17) is 5.73 Å². The Bertz CT molecular complexity index is 64.8. The predicted octanol–water partition coefficient (Wildman–Crippen LogP) is 1.69. The van der Waals surface area contributed by atoms with E-state index in [1.165, 1.54) is 0 Å². The van der Waals surface area contributed by atoms with E-state index in [1.807, 2.05) is 13.8 Å². The summed E-state index contributed by atoms with van der Waals surface area (Å²) in [5.41, 5.74) is 5.50. The van der Waals surface area contributed by atoms with Crippen LogP contribution in [-0.4, -0.2) is 6.04 Å². The van der Waals surface area contributed by atoms with Crippen LogP contribution in [0.2, 0.25) is 0 Å². The maximum absolute atomic E-state index is 5.50. The van der Waals surface area contributed by atoms with E-state index in [-0.39, 0.29) is 0 Å². The fourth-order valence-electron chi connectivity index (χ4n) is 0.526. The molecule has 0 aliphatic rings. The molecule has 1 heteroatoms. The van der Waals surface area contributed by atoms with Gasteiger partial charge >= 0.3 is 0 Å². The normalized spacial score (nSPS) is 14.9. The molecule has 0 amide bonds. The zero-order chi connectivity index (χ0) is 6.41. The van der Waals surface area contributed by atoms with E-state index < -0.39 is 0 Å². The Morgan fingerprint density at radius 3 is 2.62 bits per heavy atom. The summed E-state index contributed by atoms with van der Waals surface area (Å²) in [4.78, 5) is 0. The van der Waals surface area contributed by atoms with Gasteiger partial charge in [-0.1, -0.05) is 12.2 Å². The van der Waals surface area contributed by atoms with Crippen molar-refractivity contribution in [2.45, 2.75) is 32.7 Å². The van der Waals surface area contributed by atoms with Gasteiger partial charge in [0.25, 0.3) is 0 Å². The Morgan fingerprint density at radius 2 is 2.25 bits per heavy atom. The smallest absolute Gasteiger partial charge is 0.00134 e. The average Bonchev–Trinajstić information content (AvgIpc) is 1.66. The standard InChI is InChI=1S/C7H15N/c1-3-4-5-6-7(2)8/h3-4,7H,5-6,8H2,1-2H3. The maximum Gasteiger partial charge on any atom is 0.00134 e. The summed E-state index contributed by atoms with van der Waals surface area (Å²) in [5.74, 6) is 0. The Labute approximate surface area is 51.6 Å². The molecule has 2 N–H and O–H groups in total. The van der Waals surface area contributed by atoms with Gasteiger partial charge in [0.05, 0.1) is 0 Å². The summed E-state index contributed by atoms with van der Waals surface area (Å²) in [6.07, 6.45) is 6.42. The van der Waals surface area contributed by atoms with Crippen molar-refractivity contribution in [1.29, 1.82) is 0 Å². The van der Waals surface area contributed by atoms with Crippen LogP contribution in [-0.2, 0) is 0 Å². The first-order valence-corrected chi connectivity index (χ1v) is 3.14. The topological polar surface area (TPSA) is 26.0 Å². The molecule has 48 valence electrons. The lowest BCUT2D eigenvalue weighted by Crippen LogP contribution is -2.13. The second-order valence-electron chi connectivity index (χ2n) is 2.12. The van der Waals surface area contributed by atoms with Gasteiger partial charge in [-0.25, -0.2) is 0 Å². The summed E-state index contributed by atoms with van der Waals surface area (Å²) in [5, 5.41) is 0. The molecule has 0 aromatic carbocycles. The van der Waals surface area contributed by atoms with Crippen LogP contribution >= 0.6 is 0 Å². The molecule has 0 saturated heterocycles. The highest BCUT2D eigenvalue weighted by molar-refractivity contribution is 4.77. The van der Waals surface area contributed by atoms with Crippen LogP contribution in [0, 0.1) is 0 Å². The molecule has 1 atom stereocenters. The van der Waals surface area contributed by atoms with Crippen molar-refractivity contribution in [2.24, 2.45) is 5.73 Å². The molecule has 0 heterocycles. The maximum atomic E-state index is 5.50. The zero-order valence-electron chi connectivity index (χ0n) is 5.72. The predicted molar refractivity (Wildman–Crippen MR) is 37.7 cm³/mol. The Balaban J connectivity index is 2.93. The van der Waals surface area contributed by atoms with Crippen molar-refractivity contribution < 1.29 is 0 Å². The number of hydrogen-bond acceptors (Lipinski definition) is 1. The zero-order valence-corrected chi connectivity index (χ0v) is 5.72. The van der Waals surface area contributed by atoms with Gasteiger partial charge in [-0.15, -0.1) is 0 Å². The van der Waals surface area contributed by atoms with E-state index in [9.17, 15) is 0 Å². The highest BCUT2D eigenvalue weighted by atomic mass is 14.6. The van der Waals surface area contributed by atoms with Crippen LogP contribution < -0.4 is 5.73 Å². The minimum absolute atomic E-state index is 0.353. The van der Waals surface area contributed by atoms with Crippen molar-refractivity contribution in [2.75, 3.05) is 0 Å². The molecule has 0 bridgehead atoms. The summed E-state index contributed by atoms with van der Waals surface area (Å²) in [7, 11) is 0. The van der Waals surface area contributed by atoms with Crippen molar-refractivity contribution in [1.82, 2.24) is 0 Å². The third kappa shape index (κ3) is 5.70. The van der Waals surface area contributed by atoms with Gasteiger partial charge in [0.1, 0.15) is 0 Å². The Hall–Kier alpha value is -0.300. The first kappa shape index (κ1) is 7.70. The molecule has 0 aromatic rings. The van der Waals surface area contributed by atoms with Crippen LogP contribution in [0.3, 0.4) is 0 Å². The van der Waals surface area contributed by atoms with Gasteiger partial charge in [-0.2, -0.15) is 0 Å². The molecule has 8 heavy (non-hydrogen) atoms. The van der Waals surface area contributed by atoms with E-state index in [0.29, 0.717) is 6.04 Å². The second-order valence-corrected chi connectivity index (χ2v) is 2.12. The fourth-order valence-corrected chi connectivity index (χ4v) is 0.526. The van der Waals surface area contributed by atoms with Crippen LogP contribution in [0.5, 0.6) is 0 Å². The number of allylic oxidation sites excluding steroid dienone is 2. The van der Waals surface area contributed by atoms with Gasteiger partial charge in [-0.3, -0.25) is 0 Å². The van der Waals surface area contributed by atoms with Gasteiger partial charge in [-0.05, 0) is 26.7 Å². The van der Waals surface area contributed by atoms with E-state index >= 15 is 0 Å². The average molecular weight is 113 g/mol. The molecular weight excluding hydrogens is 98.1 g/mol. The van der Waals surface area contributed by atoms with Crippen molar-refractivity contribution in [3.63, 3.8) is 0 Å². The molecular formula is C7H15N. The molecule has 0 saturated carbocycles. The monoisotopic (exact) mass is 113 g/mol. The molecule has 1 unspecified atom stereocenters. The SMILES string of the molecule is CC=CCCC(C)N. The lowest BCUT2D eigenvalue weighted by atomic mass is 10.2. The van der Waals surface area contributed by atoms with Crippen LogP contribution in [0.25, 0.3) is 0 Å². The van der Waals surface area contributed by atoms with Gasteiger partial charge < -0.3 is 5.73 Å². The summed E-state index contributed by atoms with van der Waals surface area (Å²) in [6.45, 7) is 4.06. The van der Waals surface area contributed by atoms with Crippen LogP contribution in [0.1, 0.15) is 26.7 Å². The second kappa shape index (κ2) is 4.85. The molecule has 0 rings (SSSR count). The Kier molecular flexibility index (Phi) is 4.67. The molecule has 0 radical (unpaired) electrons. The van der Waals surface area contributed by atoms with E-state index in [2.05, 4.69) is 12.2 Å². The highest BCUT2D eigenvalue weighted by Crippen LogP contribution is 1.93. The van der Waals surface area contributed by atoms with Crippen LogP contribution in [0.15, 0.2) is 12.2 Å². The third-order valence-corrected chi connectivity index (χ3v) is 1.02.